The number of aldehydes is 1. The number of benzene rings is 3. The summed E-state index contributed by atoms with van der Waals surface area (Å²) in [5, 5.41) is 0.512. The number of hydrogen-bond acceptors (Lipinski definition) is 4. The van der Waals surface area contributed by atoms with E-state index in [1.165, 1.54) is 13.2 Å². The van der Waals surface area contributed by atoms with Crippen LogP contribution in [-0.4, -0.2) is 13.4 Å². The molecule has 7 heteroatoms. The lowest BCUT2D eigenvalue weighted by Crippen LogP contribution is -2.07. The van der Waals surface area contributed by atoms with Crippen LogP contribution < -0.4 is 15.2 Å². The standard InChI is InChI=1S/C23H18Cl2FNO3/c1-29-22-12(11-28)10-17(24)23(21(22)26)30-19-9-8-14-13(4-2-5-15(14)19)16-6-3-7-18(27)20(16)25/h2-7,10-11,19H,8-9,27H2,1H3. The molecule has 0 radical (unpaired) electrons. The molecule has 0 saturated heterocycles. The molecule has 0 spiro atoms. The third-order valence-electron chi connectivity index (χ3n) is 5.29. The lowest BCUT2D eigenvalue weighted by molar-refractivity contribution is 0.111. The Kier molecular flexibility index (Phi) is 5.58. The molecule has 30 heavy (non-hydrogen) atoms. The van der Waals surface area contributed by atoms with Crippen molar-refractivity contribution in [3.8, 4) is 22.6 Å². The van der Waals surface area contributed by atoms with E-state index < -0.39 is 11.9 Å². The molecule has 0 saturated carbocycles. The number of methoxy groups -OCH3 is 1. The van der Waals surface area contributed by atoms with Gasteiger partial charge in [0.15, 0.2) is 17.8 Å². The lowest BCUT2D eigenvalue weighted by atomic mass is 9.96. The van der Waals surface area contributed by atoms with Crippen LogP contribution >= 0.6 is 23.2 Å². The van der Waals surface area contributed by atoms with Gasteiger partial charge in [-0.1, -0.05) is 53.5 Å². The number of anilines is 1. The van der Waals surface area contributed by atoms with Crippen molar-refractivity contribution in [2.45, 2.75) is 18.9 Å². The number of nitrogens with two attached hydrogens (primary N) is 1. The largest absolute Gasteiger partial charge is 0.493 e. The number of ether oxygens (including phenoxy) is 2. The summed E-state index contributed by atoms with van der Waals surface area (Å²) in [6.07, 6.45) is 1.45. The van der Waals surface area contributed by atoms with Crippen LogP contribution in [0.15, 0.2) is 42.5 Å². The van der Waals surface area contributed by atoms with Crippen molar-refractivity contribution in [3.63, 3.8) is 0 Å². The van der Waals surface area contributed by atoms with Gasteiger partial charge in [-0.25, -0.2) is 0 Å². The highest BCUT2D eigenvalue weighted by atomic mass is 35.5. The molecule has 2 N–H and O–H groups in total. The first-order valence-corrected chi connectivity index (χ1v) is 10.1. The number of nitrogen functional groups attached to an aromatic ring is 1. The molecule has 3 aromatic carbocycles. The van der Waals surface area contributed by atoms with Crippen LogP contribution in [-0.2, 0) is 6.42 Å². The van der Waals surface area contributed by atoms with E-state index in [0.717, 1.165) is 28.7 Å². The molecule has 1 aliphatic carbocycles. The predicted molar refractivity (Wildman–Crippen MR) is 116 cm³/mol. The number of halogens is 3. The smallest absolute Gasteiger partial charge is 0.209 e. The Balaban J connectivity index is 1.74. The van der Waals surface area contributed by atoms with Gasteiger partial charge in [0.25, 0.3) is 0 Å². The van der Waals surface area contributed by atoms with E-state index in [4.69, 9.17) is 38.4 Å². The minimum Gasteiger partial charge on any atom is -0.493 e. The maximum Gasteiger partial charge on any atom is 0.209 e. The Morgan fingerprint density at radius 3 is 2.60 bits per heavy atom. The molecule has 4 rings (SSSR count). The maximum atomic E-state index is 14.9. The average molecular weight is 446 g/mol. The van der Waals surface area contributed by atoms with Gasteiger partial charge < -0.3 is 15.2 Å². The molecule has 0 aromatic heterocycles. The van der Waals surface area contributed by atoms with Gasteiger partial charge >= 0.3 is 0 Å². The van der Waals surface area contributed by atoms with Crippen LogP contribution in [0.4, 0.5) is 10.1 Å². The van der Waals surface area contributed by atoms with Crippen molar-refractivity contribution in [2.24, 2.45) is 0 Å². The fourth-order valence-electron chi connectivity index (χ4n) is 3.90. The van der Waals surface area contributed by atoms with Crippen molar-refractivity contribution in [3.05, 3.63) is 75.0 Å². The molecule has 0 bridgehead atoms. The Morgan fingerprint density at radius 2 is 1.87 bits per heavy atom. The third-order valence-corrected chi connectivity index (χ3v) is 5.99. The molecular weight excluding hydrogens is 428 g/mol. The lowest BCUT2D eigenvalue weighted by Gasteiger charge is -2.19. The SMILES string of the molecule is COc1c(C=O)cc(Cl)c(OC2CCc3c(-c4cccc(N)c4Cl)cccc32)c1F. The van der Waals surface area contributed by atoms with Crippen molar-refractivity contribution >= 4 is 35.2 Å². The zero-order valence-corrected chi connectivity index (χ0v) is 17.6. The minimum absolute atomic E-state index is 0.0129. The first-order valence-electron chi connectivity index (χ1n) is 9.30. The fourth-order valence-corrected chi connectivity index (χ4v) is 4.37. The van der Waals surface area contributed by atoms with Gasteiger partial charge in [0.2, 0.25) is 5.82 Å². The summed E-state index contributed by atoms with van der Waals surface area (Å²) in [7, 11) is 1.29. The van der Waals surface area contributed by atoms with E-state index >= 15 is 0 Å². The summed E-state index contributed by atoms with van der Waals surface area (Å²) in [4.78, 5) is 11.2. The second-order valence-corrected chi connectivity index (χ2v) is 7.75. The summed E-state index contributed by atoms with van der Waals surface area (Å²) in [5.41, 5.74) is 10.3. The van der Waals surface area contributed by atoms with Gasteiger partial charge in [-0.05, 0) is 41.7 Å². The average Bonchev–Trinajstić information content (AvgIpc) is 3.16. The van der Waals surface area contributed by atoms with Crippen molar-refractivity contribution in [1.29, 1.82) is 0 Å². The fraction of sp³-hybridized carbons (Fsp3) is 0.174. The van der Waals surface area contributed by atoms with Crippen LogP contribution in [0.2, 0.25) is 10.0 Å². The predicted octanol–water partition coefficient (Wildman–Crippen LogP) is 6.27. The Hall–Kier alpha value is -2.76. The summed E-state index contributed by atoms with van der Waals surface area (Å²) in [5.74, 6) is -1.12. The molecule has 3 aromatic rings. The van der Waals surface area contributed by atoms with Gasteiger partial charge in [-0.2, -0.15) is 4.39 Å². The molecule has 0 aliphatic heterocycles. The van der Waals surface area contributed by atoms with E-state index in [9.17, 15) is 9.18 Å². The molecule has 1 atom stereocenters. The summed E-state index contributed by atoms with van der Waals surface area (Å²) in [6.45, 7) is 0. The highest BCUT2D eigenvalue weighted by Crippen LogP contribution is 2.45. The molecule has 0 amide bonds. The van der Waals surface area contributed by atoms with Gasteiger partial charge in [0.1, 0.15) is 6.10 Å². The second kappa shape index (κ2) is 8.17. The van der Waals surface area contributed by atoms with Gasteiger partial charge in [0, 0.05) is 5.56 Å². The van der Waals surface area contributed by atoms with Crippen molar-refractivity contribution in [1.82, 2.24) is 0 Å². The number of fused-ring (bicyclic) bond motifs is 1. The van der Waals surface area contributed by atoms with Gasteiger partial charge in [-0.3, -0.25) is 4.79 Å². The van der Waals surface area contributed by atoms with Crippen LogP contribution in [0.5, 0.6) is 11.5 Å². The van der Waals surface area contributed by atoms with Crippen LogP contribution in [0.25, 0.3) is 11.1 Å². The zero-order valence-electron chi connectivity index (χ0n) is 16.0. The van der Waals surface area contributed by atoms with E-state index in [1.807, 2.05) is 30.3 Å². The monoisotopic (exact) mass is 445 g/mol. The van der Waals surface area contributed by atoms with E-state index in [0.29, 0.717) is 23.4 Å². The second-order valence-electron chi connectivity index (χ2n) is 6.97. The summed E-state index contributed by atoms with van der Waals surface area (Å²) < 4.78 is 25.9. The zero-order chi connectivity index (χ0) is 21.4. The molecule has 1 unspecified atom stereocenters. The minimum atomic E-state index is -0.796. The van der Waals surface area contributed by atoms with Crippen LogP contribution in [0.1, 0.15) is 34.0 Å². The number of rotatable bonds is 5. The molecule has 0 heterocycles. The number of carbonyl (C=O) groups is 1. The third kappa shape index (κ3) is 3.38. The topological polar surface area (TPSA) is 61.5 Å². The normalized spacial score (nSPS) is 15.0. The van der Waals surface area contributed by atoms with Crippen LogP contribution in [0, 0.1) is 5.82 Å². The Labute approximate surface area is 183 Å². The summed E-state index contributed by atoms with van der Waals surface area (Å²) in [6, 6.07) is 12.7. The van der Waals surface area contributed by atoms with Gasteiger partial charge in [-0.15, -0.1) is 0 Å². The van der Waals surface area contributed by atoms with E-state index in [1.54, 1.807) is 6.07 Å². The quantitative estimate of drug-likeness (QED) is 0.371. The first-order chi connectivity index (χ1) is 14.5. The molecule has 0 fully saturated rings. The van der Waals surface area contributed by atoms with E-state index in [-0.39, 0.29) is 22.1 Å². The van der Waals surface area contributed by atoms with Gasteiger partial charge in [0.05, 0.1) is 28.4 Å². The van der Waals surface area contributed by atoms with Crippen molar-refractivity contribution < 1.29 is 18.7 Å². The van der Waals surface area contributed by atoms with E-state index in [2.05, 4.69) is 0 Å². The maximum absolute atomic E-state index is 14.9. The Morgan fingerprint density at radius 1 is 1.13 bits per heavy atom. The highest BCUT2D eigenvalue weighted by Gasteiger charge is 2.30. The molecular formula is C23H18Cl2FNO3. The molecule has 1 aliphatic rings. The van der Waals surface area contributed by atoms with Crippen molar-refractivity contribution in [2.75, 3.05) is 12.8 Å². The number of carbonyl (C=O) groups excluding carboxylic acids is 1. The summed E-state index contributed by atoms with van der Waals surface area (Å²) >= 11 is 12.6. The Bertz CT molecular complexity index is 1150. The number of hydrogen-bond donors (Lipinski definition) is 1. The molecule has 154 valence electrons. The van der Waals surface area contributed by atoms with Crippen LogP contribution in [0.3, 0.4) is 0 Å². The molecule has 4 nitrogen and oxygen atoms in total. The highest BCUT2D eigenvalue weighted by molar-refractivity contribution is 6.35. The first kappa shape index (κ1) is 20.5.